The minimum Gasteiger partial charge on any atom is -0.343 e. The van der Waals surface area contributed by atoms with Crippen molar-refractivity contribution in [1.82, 2.24) is 14.7 Å². The first-order chi connectivity index (χ1) is 9.74. The molecule has 0 aromatic rings. The van der Waals surface area contributed by atoms with Crippen molar-refractivity contribution in [2.45, 2.75) is 57.5 Å². The second-order valence-electron chi connectivity index (χ2n) is 6.75. The highest BCUT2D eigenvalue weighted by atomic mass is 16.2. The molecular weight excluding hydrogens is 250 g/mol. The fourth-order valence-corrected chi connectivity index (χ4v) is 4.28. The van der Waals surface area contributed by atoms with Crippen LogP contribution in [0.25, 0.3) is 0 Å². The highest BCUT2D eigenvalue weighted by Crippen LogP contribution is 2.25. The summed E-state index contributed by atoms with van der Waals surface area (Å²) in [5, 5.41) is 0. The molecule has 0 spiro atoms. The summed E-state index contributed by atoms with van der Waals surface area (Å²) in [6.45, 7) is 8.62. The van der Waals surface area contributed by atoms with Crippen molar-refractivity contribution < 1.29 is 4.79 Å². The predicted molar refractivity (Wildman–Crippen MR) is 80.7 cm³/mol. The fourth-order valence-electron chi connectivity index (χ4n) is 4.28. The third kappa shape index (κ3) is 3.17. The topological polar surface area (TPSA) is 26.8 Å². The minimum absolute atomic E-state index is 0.245. The number of hydrogen-bond donors (Lipinski definition) is 0. The summed E-state index contributed by atoms with van der Waals surface area (Å²) >= 11 is 0. The summed E-state index contributed by atoms with van der Waals surface area (Å²) in [6.07, 6.45) is 8.07. The number of piperidine rings is 1. The molecular formula is C16H29N3O. The Hall–Kier alpha value is -0.610. The largest absolute Gasteiger partial charge is 0.343 e. The summed E-state index contributed by atoms with van der Waals surface area (Å²) in [7, 11) is 0. The maximum absolute atomic E-state index is 11.4. The SMILES string of the molecule is CC(=O)N1CCC(N2CCN(C3CCCC3)CC2)CC1. The Kier molecular flexibility index (Phi) is 4.61. The van der Waals surface area contributed by atoms with Gasteiger partial charge < -0.3 is 4.90 Å². The van der Waals surface area contributed by atoms with Crippen LogP contribution in [0, 0.1) is 0 Å². The molecule has 20 heavy (non-hydrogen) atoms. The van der Waals surface area contributed by atoms with E-state index in [9.17, 15) is 4.79 Å². The van der Waals surface area contributed by atoms with Crippen LogP contribution >= 0.6 is 0 Å². The van der Waals surface area contributed by atoms with Crippen molar-refractivity contribution in [3.8, 4) is 0 Å². The molecule has 0 bridgehead atoms. The van der Waals surface area contributed by atoms with Gasteiger partial charge in [-0.3, -0.25) is 14.6 Å². The summed E-state index contributed by atoms with van der Waals surface area (Å²) in [5.74, 6) is 0.245. The van der Waals surface area contributed by atoms with E-state index in [4.69, 9.17) is 0 Å². The van der Waals surface area contributed by atoms with Crippen LogP contribution in [-0.2, 0) is 4.79 Å². The van der Waals surface area contributed by atoms with E-state index in [2.05, 4.69) is 9.80 Å². The monoisotopic (exact) mass is 279 g/mol. The molecule has 0 aromatic heterocycles. The van der Waals surface area contributed by atoms with Gasteiger partial charge in [-0.05, 0) is 25.7 Å². The lowest BCUT2D eigenvalue weighted by Crippen LogP contribution is -2.55. The quantitative estimate of drug-likeness (QED) is 0.767. The van der Waals surface area contributed by atoms with Gasteiger partial charge in [0.2, 0.25) is 5.91 Å². The molecule has 1 amide bonds. The third-order valence-electron chi connectivity index (χ3n) is 5.62. The molecule has 1 aliphatic carbocycles. The molecule has 114 valence electrons. The van der Waals surface area contributed by atoms with Crippen LogP contribution in [0.5, 0.6) is 0 Å². The molecule has 3 aliphatic rings. The number of rotatable bonds is 2. The van der Waals surface area contributed by atoms with Gasteiger partial charge in [0, 0.05) is 58.3 Å². The van der Waals surface area contributed by atoms with Crippen molar-refractivity contribution in [3.05, 3.63) is 0 Å². The number of hydrogen-bond acceptors (Lipinski definition) is 3. The molecule has 2 heterocycles. The normalized spacial score (nSPS) is 28.1. The zero-order chi connectivity index (χ0) is 13.9. The van der Waals surface area contributed by atoms with Crippen molar-refractivity contribution in [2.75, 3.05) is 39.3 Å². The first kappa shape index (κ1) is 14.3. The highest BCUT2D eigenvalue weighted by Gasteiger charge is 2.30. The molecule has 2 aliphatic heterocycles. The number of piperazine rings is 1. The lowest BCUT2D eigenvalue weighted by Gasteiger charge is -2.44. The van der Waals surface area contributed by atoms with Crippen LogP contribution < -0.4 is 0 Å². The van der Waals surface area contributed by atoms with Gasteiger partial charge in [0.1, 0.15) is 0 Å². The molecule has 4 heteroatoms. The van der Waals surface area contributed by atoms with Gasteiger partial charge in [-0.15, -0.1) is 0 Å². The van der Waals surface area contributed by atoms with Crippen molar-refractivity contribution in [1.29, 1.82) is 0 Å². The molecule has 3 rings (SSSR count). The zero-order valence-corrected chi connectivity index (χ0v) is 12.9. The van der Waals surface area contributed by atoms with Gasteiger partial charge in [-0.2, -0.15) is 0 Å². The Labute approximate surface area is 123 Å². The van der Waals surface area contributed by atoms with E-state index in [0.29, 0.717) is 0 Å². The summed E-state index contributed by atoms with van der Waals surface area (Å²) < 4.78 is 0. The first-order valence-electron chi connectivity index (χ1n) is 8.47. The van der Waals surface area contributed by atoms with Crippen LogP contribution in [0.2, 0.25) is 0 Å². The third-order valence-corrected chi connectivity index (χ3v) is 5.62. The Balaban J connectivity index is 1.43. The molecule has 0 aromatic carbocycles. The van der Waals surface area contributed by atoms with E-state index in [1.54, 1.807) is 6.92 Å². The van der Waals surface area contributed by atoms with Crippen molar-refractivity contribution in [3.63, 3.8) is 0 Å². The van der Waals surface area contributed by atoms with E-state index in [1.165, 1.54) is 64.7 Å². The molecule has 1 saturated carbocycles. The minimum atomic E-state index is 0.245. The van der Waals surface area contributed by atoms with E-state index in [0.717, 1.165) is 25.2 Å². The molecule has 0 atom stereocenters. The van der Waals surface area contributed by atoms with Gasteiger partial charge in [0.05, 0.1) is 0 Å². The number of likely N-dealkylation sites (tertiary alicyclic amines) is 1. The Morgan fingerprint density at radius 2 is 1.20 bits per heavy atom. The van der Waals surface area contributed by atoms with Crippen LogP contribution in [0.3, 0.4) is 0 Å². The molecule has 0 N–H and O–H groups in total. The molecule has 0 unspecified atom stereocenters. The number of amides is 1. The number of carbonyl (C=O) groups excluding carboxylic acids is 1. The van der Waals surface area contributed by atoms with E-state index >= 15 is 0 Å². The molecule has 2 saturated heterocycles. The average Bonchev–Trinajstić information content (AvgIpc) is 3.02. The summed E-state index contributed by atoms with van der Waals surface area (Å²) in [4.78, 5) is 18.8. The van der Waals surface area contributed by atoms with Gasteiger partial charge in [-0.1, -0.05) is 12.8 Å². The van der Waals surface area contributed by atoms with E-state index in [1.807, 2.05) is 4.90 Å². The number of carbonyl (C=O) groups is 1. The van der Waals surface area contributed by atoms with E-state index < -0.39 is 0 Å². The lowest BCUT2D eigenvalue weighted by atomic mass is 10.0. The van der Waals surface area contributed by atoms with Crippen LogP contribution in [-0.4, -0.2) is 72.0 Å². The number of nitrogens with zero attached hydrogens (tertiary/aromatic N) is 3. The Morgan fingerprint density at radius 1 is 0.750 bits per heavy atom. The van der Waals surface area contributed by atoms with Crippen molar-refractivity contribution >= 4 is 5.91 Å². The van der Waals surface area contributed by atoms with Crippen LogP contribution in [0.4, 0.5) is 0 Å². The van der Waals surface area contributed by atoms with Gasteiger partial charge >= 0.3 is 0 Å². The second kappa shape index (κ2) is 6.44. The smallest absolute Gasteiger partial charge is 0.219 e. The zero-order valence-electron chi connectivity index (χ0n) is 12.9. The van der Waals surface area contributed by atoms with Gasteiger partial charge in [0.25, 0.3) is 0 Å². The molecule has 0 radical (unpaired) electrons. The highest BCUT2D eigenvalue weighted by molar-refractivity contribution is 5.73. The van der Waals surface area contributed by atoms with Crippen LogP contribution in [0.15, 0.2) is 0 Å². The lowest BCUT2D eigenvalue weighted by molar-refractivity contribution is -0.130. The average molecular weight is 279 g/mol. The predicted octanol–water partition coefficient (Wildman–Crippen LogP) is 1.56. The maximum Gasteiger partial charge on any atom is 0.219 e. The van der Waals surface area contributed by atoms with Gasteiger partial charge in [0.15, 0.2) is 0 Å². The summed E-state index contributed by atoms with van der Waals surface area (Å²) in [5.41, 5.74) is 0. The first-order valence-corrected chi connectivity index (χ1v) is 8.47. The fraction of sp³-hybridized carbons (Fsp3) is 0.938. The molecule has 4 nitrogen and oxygen atoms in total. The Bertz CT molecular complexity index is 325. The Morgan fingerprint density at radius 3 is 1.65 bits per heavy atom. The maximum atomic E-state index is 11.4. The van der Waals surface area contributed by atoms with Crippen molar-refractivity contribution in [2.24, 2.45) is 0 Å². The van der Waals surface area contributed by atoms with E-state index in [-0.39, 0.29) is 5.91 Å². The van der Waals surface area contributed by atoms with Crippen LogP contribution in [0.1, 0.15) is 45.4 Å². The standard InChI is InChI=1S/C16H29N3O/c1-14(20)17-8-6-16(7-9-17)19-12-10-18(11-13-19)15-4-2-3-5-15/h15-16H,2-13H2,1H3. The van der Waals surface area contributed by atoms with Gasteiger partial charge in [-0.25, -0.2) is 0 Å². The summed E-state index contributed by atoms with van der Waals surface area (Å²) in [6, 6.07) is 1.60. The second-order valence-corrected chi connectivity index (χ2v) is 6.75. The molecule has 3 fully saturated rings.